The van der Waals surface area contributed by atoms with Gasteiger partial charge in [0.15, 0.2) is 5.11 Å². The number of carboxylic acid groups (broad SMARTS) is 3. The number of anilines is 1. The molecule has 182 valence electrons. The Balaban J connectivity index is 2.24. The molecule has 13 heteroatoms. The van der Waals surface area contributed by atoms with Crippen molar-refractivity contribution in [2.45, 2.75) is 12.5 Å². The minimum absolute atomic E-state index is 0.194. The second-order valence-corrected chi connectivity index (χ2v) is 8.22. The number of hydrogen-bond donors (Lipinski definition) is 6. The van der Waals surface area contributed by atoms with E-state index in [1.165, 1.54) is 0 Å². The Morgan fingerprint density at radius 2 is 1.45 bits per heavy atom. The van der Waals surface area contributed by atoms with Crippen LogP contribution in [0.15, 0.2) is 24.3 Å². The van der Waals surface area contributed by atoms with E-state index in [2.05, 4.69) is 10.7 Å². The van der Waals surface area contributed by atoms with Gasteiger partial charge in [-0.3, -0.25) is 29.1 Å². The highest BCUT2D eigenvalue weighted by Gasteiger charge is 2.27. The molecule has 1 heterocycles. The zero-order valence-corrected chi connectivity index (χ0v) is 19.0. The molecule has 1 fully saturated rings. The first-order chi connectivity index (χ1) is 15.7. The molecule has 1 aliphatic rings. The summed E-state index contributed by atoms with van der Waals surface area (Å²) in [6, 6.07) is 7.12. The minimum Gasteiger partial charge on any atom is -0.480 e. The van der Waals surface area contributed by atoms with Crippen molar-refractivity contribution in [1.29, 1.82) is 0 Å². The maximum absolute atomic E-state index is 11.6. The molecule has 1 atom stereocenters. The van der Waals surface area contributed by atoms with E-state index >= 15 is 0 Å². The molecule has 0 saturated carbocycles. The smallest absolute Gasteiger partial charge is 0.317 e. The fourth-order valence-electron chi connectivity index (χ4n) is 3.78. The average Bonchev–Trinajstić information content (AvgIpc) is 2.80. The number of nitrogens with two attached hydrogens (primary N) is 1. The van der Waals surface area contributed by atoms with Crippen LogP contribution in [0.25, 0.3) is 0 Å². The summed E-state index contributed by atoms with van der Waals surface area (Å²) in [6.45, 7) is 1.14. The van der Waals surface area contributed by atoms with E-state index in [4.69, 9.17) is 18.1 Å². The van der Waals surface area contributed by atoms with Crippen LogP contribution in [-0.2, 0) is 20.8 Å². The number of carbonyl (C=O) groups is 3. The van der Waals surface area contributed by atoms with Gasteiger partial charge < -0.3 is 26.1 Å². The maximum atomic E-state index is 11.6. The summed E-state index contributed by atoms with van der Waals surface area (Å²) in [6.07, 6.45) is 0.488. The minimum atomic E-state index is -1.00. The molecule has 0 aliphatic carbocycles. The van der Waals surface area contributed by atoms with Crippen LogP contribution >= 0.6 is 12.2 Å². The first-order valence-electron chi connectivity index (χ1n) is 10.4. The van der Waals surface area contributed by atoms with Crippen molar-refractivity contribution in [3.63, 3.8) is 0 Å². The van der Waals surface area contributed by atoms with Gasteiger partial charge in [-0.05, 0) is 36.3 Å². The van der Waals surface area contributed by atoms with Crippen LogP contribution in [0.4, 0.5) is 5.69 Å². The molecular weight excluding hydrogens is 452 g/mol. The van der Waals surface area contributed by atoms with Crippen molar-refractivity contribution in [3.05, 3.63) is 29.8 Å². The van der Waals surface area contributed by atoms with E-state index in [-0.39, 0.29) is 30.8 Å². The number of nitrogens with zero attached hydrogens (tertiary/aromatic N) is 3. The number of carboxylic acids is 3. The third-order valence-corrected chi connectivity index (χ3v) is 5.51. The molecule has 0 aromatic heterocycles. The van der Waals surface area contributed by atoms with Crippen LogP contribution in [-0.4, -0.2) is 111 Å². The zero-order valence-electron chi connectivity index (χ0n) is 18.1. The molecule has 1 aromatic carbocycles. The Kier molecular flexibility index (Phi) is 10.4. The maximum Gasteiger partial charge on any atom is 0.317 e. The first kappa shape index (κ1) is 26.4. The molecule has 0 spiro atoms. The Morgan fingerprint density at radius 1 is 0.909 bits per heavy atom. The topological polar surface area (TPSA) is 172 Å². The molecule has 33 heavy (non-hydrogen) atoms. The highest BCUT2D eigenvalue weighted by atomic mass is 32.1. The van der Waals surface area contributed by atoms with Crippen molar-refractivity contribution in [2.75, 3.05) is 57.7 Å². The summed E-state index contributed by atoms with van der Waals surface area (Å²) in [7, 11) is 0. The molecule has 0 radical (unpaired) electrons. The molecular formula is C20H30N6O6S. The van der Waals surface area contributed by atoms with Gasteiger partial charge in [0.2, 0.25) is 0 Å². The van der Waals surface area contributed by atoms with Crippen molar-refractivity contribution in [1.82, 2.24) is 20.1 Å². The first-order valence-corrected chi connectivity index (χ1v) is 10.8. The molecule has 7 N–H and O–H groups in total. The Hall–Kier alpha value is -2.84. The molecule has 2 rings (SSSR count). The molecule has 0 amide bonds. The van der Waals surface area contributed by atoms with Crippen LogP contribution in [0.1, 0.15) is 5.56 Å². The van der Waals surface area contributed by atoms with Gasteiger partial charge in [0, 0.05) is 44.5 Å². The fraction of sp³-hybridized carbons (Fsp3) is 0.500. The summed E-state index contributed by atoms with van der Waals surface area (Å²) >= 11 is 4.98. The summed E-state index contributed by atoms with van der Waals surface area (Å²) in [5.41, 5.74) is 4.00. The summed E-state index contributed by atoms with van der Waals surface area (Å²) in [5.74, 6) is 2.27. The summed E-state index contributed by atoms with van der Waals surface area (Å²) < 4.78 is 0. The predicted molar refractivity (Wildman–Crippen MR) is 125 cm³/mol. The van der Waals surface area contributed by atoms with Crippen molar-refractivity contribution < 1.29 is 29.7 Å². The lowest BCUT2D eigenvalue weighted by atomic mass is 10.0. The van der Waals surface area contributed by atoms with Gasteiger partial charge in [-0.25, -0.2) is 5.84 Å². The van der Waals surface area contributed by atoms with Crippen molar-refractivity contribution >= 4 is 40.9 Å². The molecule has 0 bridgehead atoms. The largest absolute Gasteiger partial charge is 0.480 e. The third-order valence-electron chi connectivity index (χ3n) is 5.29. The van der Waals surface area contributed by atoms with Gasteiger partial charge in [-0.1, -0.05) is 12.1 Å². The van der Waals surface area contributed by atoms with Crippen LogP contribution in [0.2, 0.25) is 0 Å². The van der Waals surface area contributed by atoms with E-state index in [9.17, 15) is 29.7 Å². The highest BCUT2D eigenvalue weighted by Crippen LogP contribution is 2.16. The number of nitrogens with one attached hydrogen (secondary N) is 2. The van der Waals surface area contributed by atoms with Gasteiger partial charge in [0.05, 0.1) is 19.6 Å². The van der Waals surface area contributed by atoms with Crippen LogP contribution in [0.3, 0.4) is 0 Å². The lowest BCUT2D eigenvalue weighted by Gasteiger charge is -2.33. The zero-order chi connectivity index (χ0) is 24.4. The standard InChI is InChI=1S/C20H30N6O6S/c21-23-20(33)22-15-3-1-14(2-4-15)9-16-10-25(12-18(29)30)6-5-24(11-17(27)28)7-8-26(16)13-19(31)32/h1-4,16H,5-13,21H2,(H,27,28)(H,29,30)(H,31,32)(H2,22,23,33). The van der Waals surface area contributed by atoms with E-state index in [0.717, 1.165) is 11.3 Å². The Morgan fingerprint density at radius 3 is 2.03 bits per heavy atom. The van der Waals surface area contributed by atoms with Gasteiger partial charge in [0.25, 0.3) is 0 Å². The van der Waals surface area contributed by atoms with Gasteiger partial charge in [-0.2, -0.15) is 0 Å². The number of hydrogen-bond acceptors (Lipinski definition) is 8. The second kappa shape index (κ2) is 13.0. The van der Waals surface area contributed by atoms with Gasteiger partial charge in [-0.15, -0.1) is 0 Å². The van der Waals surface area contributed by atoms with E-state index < -0.39 is 17.9 Å². The molecule has 1 aromatic rings. The monoisotopic (exact) mass is 482 g/mol. The lowest BCUT2D eigenvalue weighted by Crippen LogP contribution is -2.49. The number of hydrazine groups is 1. The molecule has 1 saturated heterocycles. The number of thiocarbonyl (C=S) groups is 1. The van der Waals surface area contributed by atoms with Crippen molar-refractivity contribution in [2.24, 2.45) is 5.84 Å². The SMILES string of the molecule is NNC(=S)Nc1ccc(CC2CN(CC(=O)O)CCN(CC(=O)O)CCN2CC(=O)O)cc1. The highest BCUT2D eigenvalue weighted by molar-refractivity contribution is 7.80. The van der Waals surface area contributed by atoms with E-state index in [0.29, 0.717) is 39.1 Å². The summed E-state index contributed by atoms with van der Waals surface area (Å²) in [4.78, 5) is 39.4. The quantitative estimate of drug-likeness (QED) is 0.143. The van der Waals surface area contributed by atoms with Gasteiger partial charge >= 0.3 is 17.9 Å². The normalized spacial score (nSPS) is 18.5. The second-order valence-electron chi connectivity index (χ2n) is 7.82. The molecule has 12 nitrogen and oxygen atoms in total. The van der Waals surface area contributed by atoms with Crippen molar-refractivity contribution in [3.8, 4) is 0 Å². The molecule has 1 unspecified atom stereocenters. The Labute approximate surface area is 196 Å². The molecule has 1 aliphatic heterocycles. The fourth-order valence-corrected chi connectivity index (χ4v) is 3.89. The van der Waals surface area contributed by atoms with Gasteiger partial charge in [0.1, 0.15) is 0 Å². The average molecular weight is 483 g/mol. The van der Waals surface area contributed by atoms with Crippen LogP contribution in [0.5, 0.6) is 0 Å². The third kappa shape index (κ3) is 9.67. The number of aliphatic carboxylic acids is 3. The lowest BCUT2D eigenvalue weighted by molar-refractivity contribution is -0.140. The van der Waals surface area contributed by atoms with E-state index in [1.54, 1.807) is 14.7 Å². The number of benzene rings is 1. The van der Waals surface area contributed by atoms with Crippen LogP contribution < -0.4 is 16.6 Å². The summed E-state index contributed by atoms with van der Waals surface area (Å²) in [5, 5.41) is 31.1. The van der Waals surface area contributed by atoms with Crippen LogP contribution in [0, 0.1) is 0 Å². The Bertz CT molecular complexity index is 839. The van der Waals surface area contributed by atoms with E-state index in [1.807, 2.05) is 24.3 Å². The predicted octanol–water partition coefficient (Wildman–Crippen LogP) is -1.07. The number of rotatable bonds is 9.